The number of hydrogen-bond acceptors (Lipinski definition) is 2. The topological polar surface area (TPSA) is 12.5 Å². The highest BCUT2D eigenvalue weighted by Crippen LogP contribution is 2.19. The molecule has 1 aliphatic heterocycles. The molecule has 0 aromatic heterocycles. The quantitative estimate of drug-likeness (QED) is 0.472. The summed E-state index contributed by atoms with van der Waals surface area (Å²) in [6.45, 7) is 6.63. The molecule has 0 aromatic rings. The molecule has 2 nitrogen and oxygen atoms in total. The molecule has 9 heavy (non-hydrogen) atoms. The normalized spacial score (nSPS) is 35.3. The summed E-state index contributed by atoms with van der Waals surface area (Å²) in [7, 11) is 0.877. The lowest BCUT2D eigenvalue weighted by molar-refractivity contribution is 0.118. The lowest BCUT2D eigenvalue weighted by atomic mass is 10.6. The van der Waals surface area contributed by atoms with Crippen LogP contribution in [0.5, 0.6) is 0 Å². The van der Waals surface area contributed by atoms with Crippen molar-refractivity contribution >= 4 is 8.32 Å². The largest absolute Gasteiger partial charge is 0.401 e. The minimum Gasteiger partial charge on any atom is -0.401 e. The van der Waals surface area contributed by atoms with E-state index in [1.807, 2.05) is 0 Å². The van der Waals surface area contributed by atoms with Gasteiger partial charge in [-0.25, -0.2) is 0 Å². The highest BCUT2D eigenvalue weighted by Gasteiger charge is 2.35. The molecule has 1 unspecified atom stereocenters. The van der Waals surface area contributed by atoms with Gasteiger partial charge in [-0.05, 0) is 27.1 Å². The van der Waals surface area contributed by atoms with Gasteiger partial charge in [0.25, 0.3) is 0 Å². The van der Waals surface area contributed by atoms with Gasteiger partial charge in [0, 0.05) is 6.17 Å². The van der Waals surface area contributed by atoms with Crippen molar-refractivity contribution in [3.05, 3.63) is 0 Å². The third-order valence-corrected chi connectivity index (χ3v) is 3.98. The van der Waals surface area contributed by atoms with Crippen molar-refractivity contribution in [3.8, 4) is 0 Å². The Bertz CT molecular complexity index is 104. The van der Waals surface area contributed by atoms with Crippen LogP contribution in [-0.4, -0.2) is 32.7 Å². The van der Waals surface area contributed by atoms with Crippen LogP contribution in [0.15, 0.2) is 0 Å². The Hall–Kier alpha value is 0.137. The molecular weight excluding hydrogens is 130 g/mol. The Morgan fingerprint density at radius 1 is 1.56 bits per heavy atom. The van der Waals surface area contributed by atoms with Gasteiger partial charge in [-0.1, -0.05) is 0 Å². The zero-order valence-corrected chi connectivity index (χ0v) is 7.64. The molecule has 0 saturated carbocycles. The SMILES string of the molecule is CC1O[Si](C)(C)CN1C. The summed E-state index contributed by atoms with van der Waals surface area (Å²) in [5.74, 6) is 0. The van der Waals surface area contributed by atoms with Gasteiger partial charge in [-0.3, -0.25) is 4.90 Å². The summed E-state index contributed by atoms with van der Waals surface area (Å²) in [6, 6.07) is 0. The van der Waals surface area contributed by atoms with Crippen LogP contribution in [0, 0.1) is 0 Å². The summed E-state index contributed by atoms with van der Waals surface area (Å²) in [5.41, 5.74) is 0. The molecule has 1 rings (SSSR count). The van der Waals surface area contributed by atoms with Gasteiger partial charge in [-0.2, -0.15) is 0 Å². The highest BCUT2D eigenvalue weighted by atomic mass is 28.4. The Balaban J connectivity index is 2.54. The third kappa shape index (κ3) is 1.53. The Kier molecular flexibility index (Phi) is 1.67. The highest BCUT2D eigenvalue weighted by molar-refractivity contribution is 6.71. The molecular formula is C6H15NOSi. The number of hydrogen-bond donors (Lipinski definition) is 0. The van der Waals surface area contributed by atoms with Gasteiger partial charge in [-0.15, -0.1) is 0 Å². The molecule has 0 N–H and O–H groups in total. The lowest BCUT2D eigenvalue weighted by Gasteiger charge is -2.12. The summed E-state index contributed by atoms with van der Waals surface area (Å²) in [4.78, 5) is 2.27. The van der Waals surface area contributed by atoms with E-state index in [-0.39, 0.29) is 0 Å². The molecule has 1 atom stereocenters. The maximum Gasteiger partial charge on any atom is 0.202 e. The number of nitrogens with zero attached hydrogens (tertiary/aromatic N) is 1. The van der Waals surface area contributed by atoms with Crippen LogP contribution >= 0.6 is 0 Å². The van der Waals surface area contributed by atoms with Crippen LogP contribution < -0.4 is 0 Å². The van der Waals surface area contributed by atoms with Crippen LogP contribution in [0.2, 0.25) is 13.1 Å². The molecule has 54 valence electrons. The molecule has 0 aliphatic carbocycles. The van der Waals surface area contributed by atoms with Gasteiger partial charge in [0.1, 0.15) is 0 Å². The fraction of sp³-hybridized carbons (Fsp3) is 1.00. The third-order valence-electron chi connectivity index (χ3n) is 1.74. The maximum atomic E-state index is 5.73. The molecule has 1 fully saturated rings. The van der Waals surface area contributed by atoms with Gasteiger partial charge < -0.3 is 4.43 Å². The Labute approximate surface area is 57.9 Å². The predicted octanol–water partition coefficient (Wildman–Crippen LogP) is 1.04. The number of rotatable bonds is 0. The molecule has 0 spiro atoms. The minimum atomic E-state index is -1.24. The van der Waals surface area contributed by atoms with Crippen LogP contribution in [0.3, 0.4) is 0 Å². The van der Waals surface area contributed by atoms with Crippen LogP contribution in [0.25, 0.3) is 0 Å². The van der Waals surface area contributed by atoms with Gasteiger partial charge >= 0.3 is 0 Å². The maximum absolute atomic E-state index is 5.73. The van der Waals surface area contributed by atoms with E-state index < -0.39 is 8.32 Å². The van der Waals surface area contributed by atoms with E-state index in [2.05, 4.69) is 32.0 Å². The second-order valence-electron chi connectivity index (χ2n) is 3.39. The van der Waals surface area contributed by atoms with Crippen molar-refractivity contribution in [2.75, 3.05) is 13.2 Å². The Morgan fingerprint density at radius 3 is 2.22 bits per heavy atom. The monoisotopic (exact) mass is 145 g/mol. The fourth-order valence-electron chi connectivity index (χ4n) is 1.32. The lowest BCUT2D eigenvalue weighted by Crippen LogP contribution is -2.31. The van der Waals surface area contributed by atoms with E-state index in [1.54, 1.807) is 0 Å². The van der Waals surface area contributed by atoms with Crippen molar-refractivity contribution in [2.45, 2.75) is 26.2 Å². The summed E-state index contributed by atoms with van der Waals surface area (Å²) in [5, 5.41) is 0. The predicted molar refractivity (Wildman–Crippen MR) is 40.7 cm³/mol. The molecule has 3 heteroatoms. The first-order valence-corrected chi connectivity index (χ1v) is 6.51. The van der Waals surface area contributed by atoms with Crippen LogP contribution in [0.4, 0.5) is 0 Å². The first-order chi connectivity index (χ1) is 4.01. The van der Waals surface area contributed by atoms with Crippen molar-refractivity contribution in [2.24, 2.45) is 0 Å². The second-order valence-corrected chi connectivity index (χ2v) is 7.46. The van der Waals surface area contributed by atoms with E-state index >= 15 is 0 Å². The molecule has 1 heterocycles. The van der Waals surface area contributed by atoms with E-state index in [0.29, 0.717) is 6.23 Å². The fourth-order valence-corrected chi connectivity index (χ4v) is 3.95. The molecule has 1 aliphatic rings. The summed E-state index contributed by atoms with van der Waals surface area (Å²) in [6.07, 6.45) is 1.53. The molecule has 0 amide bonds. The standard InChI is InChI=1S/C6H15NOSi/c1-6-7(2)5-9(3,4)8-6/h6H,5H2,1-4H3. The van der Waals surface area contributed by atoms with Gasteiger partial charge in [0.2, 0.25) is 8.32 Å². The molecule has 0 bridgehead atoms. The summed E-state index contributed by atoms with van der Waals surface area (Å²) < 4.78 is 5.73. The first-order valence-electron chi connectivity index (χ1n) is 3.39. The van der Waals surface area contributed by atoms with Gasteiger partial charge in [0.05, 0.1) is 6.23 Å². The van der Waals surface area contributed by atoms with Crippen molar-refractivity contribution in [1.29, 1.82) is 0 Å². The first kappa shape index (κ1) is 7.25. The zero-order valence-electron chi connectivity index (χ0n) is 6.64. The second kappa shape index (κ2) is 2.07. The van der Waals surface area contributed by atoms with E-state index in [4.69, 9.17) is 4.43 Å². The van der Waals surface area contributed by atoms with Gasteiger partial charge in [0.15, 0.2) is 0 Å². The molecule has 1 saturated heterocycles. The molecule has 0 aromatic carbocycles. The molecule has 0 radical (unpaired) electrons. The zero-order chi connectivity index (χ0) is 7.07. The van der Waals surface area contributed by atoms with Crippen molar-refractivity contribution < 1.29 is 4.43 Å². The summed E-state index contributed by atoms with van der Waals surface area (Å²) >= 11 is 0. The van der Waals surface area contributed by atoms with E-state index in [1.165, 1.54) is 6.17 Å². The minimum absolute atomic E-state index is 0.353. The van der Waals surface area contributed by atoms with E-state index in [0.717, 1.165) is 0 Å². The van der Waals surface area contributed by atoms with Crippen molar-refractivity contribution in [3.63, 3.8) is 0 Å². The van der Waals surface area contributed by atoms with Crippen LogP contribution in [-0.2, 0) is 4.43 Å². The van der Waals surface area contributed by atoms with E-state index in [9.17, 15) is 0 Å². The average molecular weight is 145 g/mol. The van der Waals surface area contributed by atoms with Crippen LogP contribution in [0.1, 0.15) is 6.92 Å². The van der Waals surface area contributed by atoms with Crippen molar-refractivity contribution in [1.82, 2.24) is 4.90 Å². The smallest absolute Gasteiger partial charge is 0.202 e. The average Bonchev–Trinajstić information content (AvgIpc) is 1.79. The Morgan fingerprint density at radius 2 is 2.11 bits per heavy atom.